The average molecular weight is 225 g/mol. The van der Waals surface area contributed by atoms with E-state index in [0.717, 1.165) is 0 Å². The first-order chi connectivity index (χ1) is 7.69. The first-order valence-corrected chi connectivity index (χ1v) is 5.04. The zero-order valence-corrected chi connectivity index (χ0v) is 9.27. The van der Waals surface area contributed by atoms with Crippen LogP contribution in [0.3, 0.4) is 0 Å². The summed E-state index contributed by atoms with van der Waals surface area (Å²) >= 11 is 0. The average Bonchev–Trinajstić information content (AvgIpc) is 2.29. The second-order valence-corrected chi connectivity index (χ2v) is 3.31. The number of ether oxygens (including phenoxy) is 2. The molecule has 0 aromatic heterocycles. The Hall–Kier alpha value is -1.78. The summed E-state index contributed by atoms with van der Waals surface area (Å²) in [5, 5.41) is 10.8. The second-order valence-electron chi connectivity index (χ2n) is 3.31. The van der Waals surface area contributed by atoms with Crippen LogP contribution >= 0.6 is 0 Å². The molecule has 0 saturated heterocycles. The number of rotatable bonds is 6. The predicted octanol–water partition coefficient (Wildman–Crippen LogP) is 2.39. The molecular weight excluding hydrogens is 210 g/mol. The number of nitro groups is 1. The van der Waals surface area contributed by atoms with Crippen LogP contribution in [0, 0.1) is 10.1 Å². The van der Waals surface area contributed by atoms with Gasteiger partial charge >= 0.3 is 0 Å². The van der Waals surface area contributed by atoms with E-state index in [-0.39, 0.29) is 5.70 Å². The molecule has 1 aliphatic rings. The number of allylic oxidation sites excluding steroid dienone is 3. The van der Waals surface area contributed by atoms with Gasteiger partial charge in [-0.05, 0) is 6.42 Å². The van der Waals surface area contributed by atoms with E-state index in [4.69, 9.17) is 9.47 Å². The standard InChI is InChI=1S/C11H15NO4/c1-3-4-7-16-11-8-9(15-2)5-6-10(11)12(13)14/h3,8H,1,4-7H2,2H3. The molecule has 0 bridgehead atoms. The molecule has 0 N–H and O–H groups in total. The third-order valence-electron chi connectivity index (χ3n) is 2.25. The summed E-state index contributed by atoms with van der Waals surface area (Å²) in [6.45, 7) is 3.95. The fourth-order valence-corrected chi connectivity index (χ4v) is 1.39. The van der Waals surface area contributed by atoms with Crippen molar-refractivity contribution >= 4 is 0 Å². The van der Waals surface area contributed by atoms with E-state index in [0.29, 0.717) is 37.4 Å². The van der Waals surface area contributed by atoms with Gasteiger partial charge in [-0.3, -0.25) is 10.1 Å². The van der Waals surface area contributed by atoms with Crippen LogP contribution in [-0.4, -0.2) is 18.6 Å². The van der Waals surface area contributed by atoms with Crippen LogP contribution in [0.25, 0.3) is 0 Å². The largest absolute Gasteiger partial charge is 0.501 e. The normalized spacial score (nSPS) is 15.4. The van der Waals surface area contributed by atoms with Crippen molar-refractivity contribution in [3.63, 3.8) is 0 Å². The van der Waals surface area contributed by atoms with Gasteiger partial charge < -0.3 is 9.47 Å². The summed E-state index contributed by atoms with van der Waals surface area (Å²) in [7, 11) is 1.55. The SMILES string of the molecule is C=CCCOC1=C([N+](=O)[O-])CCC(OC)=C1. The molecule has 0 fully saturated rings. The maximum Gasteiger partial charge on any atom is 0.288 e. The molecule has 1 rings (SSSR count). The summed E-state index contributed by atoms with van der Waals surface area (Å²) in [6, 6.07) is 0. The first kappa shape index (κ1) is 12.3. The number of hydrogen-bond acceptors (Lipinski definition) is 4. The third-order valence-corrected chi connectivity index (χ3v) is 2.25. The highest BCUT2D eigenvalue weighted by atomic mass is 16.6. The highest BCUT2D eigenvalue weighted by Crippen LogP contribution is 2.25. The zero-order chi connectivity index (χ0) is 12.0. The molecule has 0 atom stereocenters. The number of methoxy groups -OCH3 is 1. The molecule has 0 saturated carbocycles. The zero-order valence-electron chi connectivity index (χ0n) is 9.27. The summed E-state index contributed by atoms with van der Waals surface area (Å²) < 4.78 is 10.4. The van der Waals surface area contributed by atoms with Crippen LogP contribution in [0.4, 0.5) is 0 Å². The molecule has 0 spiro atoms. The van der Waals surface area contributed by atoms with Gasteiger partial charge in [-0.15, -0.1) is 6.58 Å². The maximum atomic E-state index is 10.8. The van der Waals surface area contributed by atoms with Gasteiger partial charge in [-0.2, -0.15) is 0 Å². The lowest BCUT2D eigenvalue weighted by Gasteiger charge is -2.14. The van der Waals surface area contributed by atoms with Gasteiger partial charge in [0, 0.05) is 18.9 Å². The summed E-state index contributed by atoms with van der Waals surface area (Å²) in [5.41, 5.74) is 0.116. The van der Waals surface area contributed by atoms with Gasteiger partial charge in [-0.25, -0.2) is 0 Å². The summed E-state index contributed by atoms with van der Waals surface area (Å²) in [5.74, 6) is 1.01. The lowest BCUT2D eigenvalue weighted by Crippen LogP contribution is -2.10. The Balaban J connectivity index is 2.80. The monoisotopic (exact) mass is 225 g/mol. The Labute approximate surface area is 94.2 Å². The first-order valence-electron chi connectivity index (χ1n) is 5.04. The fraction of sp³-hybridized carbons (Fsp3) is 0.455. The number of hydrogen-bond donors (Lipinski definition) is 0. The minimum atomic E-state index is -0.397. The van der Waals surface area contributed by atoms with Crippen molar-refractivity contribution in [3.05, 3.63) is 46.1 Å². The Bertz CT molecular complexity index is 344. The van der Waals surface area contributed by atoms with Gasteiger partial charge in [0.2, 0.25) is 0 Å². The minimum absolute atomic E-state index is 0.116. The molecule has 0 radical (unpaired) electrons. The van der Waals surface area contributed by atoms with Crippen molar-refractivity contribution < 1.29 is 14.4 Å². The van der Waals surface area contributed by atoms with Crippen molar-refractivity contribution in [2.45, 2.75) is 19.3 Å². The van der Waals surface area contributed by atoms with Crippen molar-refractivity contribution in [2.24, 2.45) is 0 Å². The molecule has 0 amide bonds. The van der Waals surface area contributed by atoms with Crippen LogP contribution in [-0.2, 0) is 9.47 Å². The van der Waals surface area contributed by atoms with E-state index < -0.39 is 4.92 Å². The van der Waals surface area contributed by atoms with Crippen molar-refractivity contribution in [1.29, 1.82) is 0 Å². The van der Waals surface area contributed by atoms with Crippen LogP contribution in [0.15, 0.2) is 35.9 Å². The molecule has 5 nitrogen and oxygen atoms in total. The maximum absolute atomic E-state index is 10.8. The summed E-state index contributed by atoms with van der Waals surface area (Å²) in [6.07, 6.45) is 4.84. The van der Waals surface area contributed by atoms with Crippen molar-refractivity contribution in [2.75, 3.05) is 13.7 Å². The van der Waals surface area contributed by atoms with Crippen LogP contribution in [0.1, 0.15) is 19.3 Å². The smallest absolute Gasteiger partial charge is 0.288 e. The Morgan fingerprint density at radius 2 is 2.38 bits per heavy atom. The van der Waals surface area contributed by atoms with E-state index in [2.05, 4.69) is 6.58 Å². The van der Waals surface area contributed by atoms with E-state index in [1.54, 1.807) is 19.3 Å². The lowest BCUT2D eigenvalue weighted by atomic mass is 10.1. The van der Waals surface area contributed by atoms with Gasteiger partial charge in [-0.1, -0.05) is 6.08 Å². The minimum Gasteiger partial charge on any atom is -0.501 e. The summed E-state index contributed by atoms with van der Waals surface area (Å²) in [4.78, 5) is 10.4. The second kappa shape index (κ2) is 5.95. The van der Waals surface area contributed by atoms with Crippen LogP contribution < -0.4 is 0 Å². The van der Waals surface area contributed by atoms with E-state index in [1.807, 2.05) is 0 Å². The van der Waals surface area contributed by atoms with Crippen molar-refractivity contribution in [1.82, 2.24) is 0 Å². The third kappa shape index (κ3) is 3.12. The topological polar surface area (TPSA) is 61.6 Å². The molecule has 0 aromatic carbocycles. The van der Waals surface area contributed by atoms with Gasteiger partial charge in [0.1, 0.15) is 5.76 Å². The lowest BCUT2D eigenvalue weighted by molar-refractivity contribution is -0.431. The van der Waals surface area contributed by atoms with Crippen molar-refractivity contribution in [3.8, 4) is 0 Å². The molecule has 88 valence electrons. The van der Waals surface area contributed by atoms with E-state index in [1.165, 1.54) is 0 Å². The molecule has 0 unspecified atom stereocenters. The fourth-order valence-electron chi connectivity index (χ4n) is 1.39. The number of nitrogens with zero attached hydrogens (tertiary/aromatic N) is 1. The molecule has 5 heteroatoms. The van der Waals surface area contributed by atoms with E-state index in [9.17, 15) is 10.1 Å². The van der Waals surface area contributed by atoms with Gasteiger partial charge in [0.25, 0.3) is 5.70 Å². The molecular formula is C11H15NO4. The van der Waals surface area contributed by atoms with Crippen LogP contribution in [0.2, 0.25) is 0 Å². The van der Waals surface area contributed by atoms with Crippen LogP contribution in [0.5, 0.6) is 0 Å². The highest BCUT2D eigenvalue weighted by Gasteiger charge is 2.24. The molecule has 0 heterocycles. The highest BCUT2D eigenvalue weighted by molar-refractivity contribution is 5.23. The quantitative estimate of drug-likeness (QED) is 0.301. The molecule has 0 aromatic rings. The molecule has 1 aliphatic carbocycles. The predicted molar refractivity (Wildman–Crippen MR) is 59.1 cm³/mol. The molecule has 16 heavy (non-hydrogen) atoms. The van der Waals surface area contributed by atoms with E-state index >= 15 is 0 Å². The van der Waals surface area contributed by atoms with Gasteiger partial charge in [0.05, 0.1) is 18.6 Å². The Kier molecular flexibility index (Phi) is 4.57. The van der Waals surface area contributed by atoms with Gasteiger partial charge in [0.15, 0.2) is 5.76 Å². The Morgan fingerprint density at radius 1 is 1.62 bits per heavy atom. The Morgan fingerprint density at radius 3 is 2.94 bits per heavy atom. The molecule has 0 aliphatic heterocycles.